The van der Waals surface area contributed by atoms with Crippen LogP contribution in [0.1, 0.15) is 5.01 Å². The van der Waals surface area contributed by atoms with Crippen molar-refractivity contribution >= 4 is 49.7 Å². The second-order valence-corrected chi connectivity index (χ2v) is 5.46. The van der Waals surface area contributed by atoms with E-state index < -0.39 is 0 Å². The van der Waals surface area contributed by atoms with Crippen molar-refractivity contribution in [1.29, 1.82) is 0 Å². The van der Waals surface area contributed by atoms with E-state index in [9.17, 15) is 14.0 Å². The fraction of sp³-hybridized carbons (Fsp3) is 0.182. The number of hydrogen-bond acceptors (Lipinski definition) is 4. The van der Waals surface area contributed by atoms with E-state index >= 15 is 0 Å². The van der Waals surface area contributed by atoms with Gasteiger partial charge in [-0.3, -0.25) is 4.79 Å². The summed E-state index contributed by atoms with van der Waals surface area (Å²) in [7, 11) is 0. The van der Waals surface area contributed by atoms with Crippen LogP contribution in [0.15, 0.2) is 16.6 Å². The van der Waals surface area contributed by atoms with Crippen molar-refractivity contribution in [2.45, 2.75) is 6.42 Å². The van der Waals surface area contributed by atoms with Crippen molar-refractivity contribution in [3.05, 3.63) is 27.4 Å². The topological polar surface area (TPSA) is 59.1 Å². The summed E-state index contributed by atoms with van der Waals surface area (Å²) in [5, 5.41) is 3.01. The van der Waals surface area contributed by atoms with Gasteiger partial charge in [0.1, 0.15) is 17.1 Å². The number of carbonyl (C=O) groups is 2. The molecule has 0 aliphatic carbocycles. The predicted octanol–water partition coefficient (Wildman–Crippen LogP) is 2.06. The van der Waals surface area contributed by atoms with E-state index in [1.807, 2.05) is 0 Å². The van der Waals surface area contributed by atoms with Gasteiger partial charge in [-0.2, -0.15) is 0 Å². The zero-order valence-electron chi connectivity index (χ0n) is 9.07. The van der Waals surface area contributed by atoms with Crippen LogP contribution in [0.5, 0.6) is 0 Å². The molecule has 18 heavy (non-hydrogen) atoms. The highest BCUT2D eigenvalue weighted by Gasteiger charge is 2.10. The molecule has 0 fully saturated rings. The van der Waals surface area contributed by atoms with Crippen LogP contribution < -0.4 is 5.32 Å². The lowest BCUT2D eigenvalue weighted by molar-refractivity contribution is -0.121. The maximum atomic E-state index is 13.3. The number of benzene rings is 1. The first kappa shape index (κ1) is 13.1. The van der Waals surface area contributed by atoms with E-state index in [4.69, 9.17) is 0 Å². The number of fused-ring (bicyclic) bond motifs is 1. The summed E-state index contributed by atoms with van der Waals surface area (Å²) in [5.41, 5.74) is 0.527. The number of nitrogens with one attached hydrogen (secondary N) is 1. The van der Waals surface area contributed by atoms with Crippen molar-refractivity contribution in [3.8, 4) is 0 Å². The molecule has 7 heteroatoms. The maximum Gasteiger partial charge on any atom is 0.227 e. The van der Waals surface area contributed by atoms with E-state index in [0.29, 0.717) is 21.3 Å². The molecule has 0 aliphatic rings. The second kappa shape index (κ2) is 5.53. The molecule has 0 bridgehead atoms. The standard InChI is InChI=1S/C11H8BrFN2O2S/c12-6-3-9-8(4-7(6)13)15-11(18-9)5-10(17)14-1-2-16/h2-4H,1,5H2,(H,14,17). The lowest BCUT2D eigenvalue weighted by atomic mass is 10.3. The first-order valence-electron chi connectivity index (χ1n) is 5.05. The van der Waals surface area contributed by atoms with Gasteiger partial charge >= 0.3 is 0 Å². The third-order valence-corrected chi connectivity index (χ3v) is 3.79. The van der Waals surface area contributed by atoms with E-state index in [2.05, 4.69) is 26.2 Å². The van der Waals surface area contributed by atoms with Crippen LogP contribution in [0.25, 0.3) is 10.2 Å². The van der Waals surface area contributed by atoms with Crippen LogP contribution in [0.2, 0.25) is 0 Å². The molecule has 2 aromatic rings. The van der Waals surface area contributed by atoms with E-state index in [0.717, 1.165) is 4.70 Å². The van der Waals surface area contributed by atoms with Gasteiger partial charge in [-0.05, 0) is 22.0 Å². The lowest BCUT2D eigenvalue weighted by Gasteiger charge is -1.96. The molecule has 1 aromatic heterocycles. The Kier molecular flexibility index (Phi) is 4.03. The SMILES string of the molecule is O=CCNC(=O)Cc1nc2cc(F)c(Br)cc2s1. The van der Waals surface area contributed by atoms with Crippen LogP contribution in [0.4, 0.5) is 4.39 Å². The fourth-order valence-corrected chi connectivity index (χ4v) is 2.88. The van der Waals surface area contributed by atoms with Gasteiger partial charge in [0.05, 0.1) is 27.7 Å². The van der Waals surface area contributed by atoms with E-state index in [1.165, 1.54) is 17.4 Å². The number of amides is 1. The Hall–Kier alpha value is -1.34. The molecule has 0 saturated heterocycles. The zero-order chi connectivity index (χ0) is 13.1. The largest absolute Gasteiger partial charge is 0.349 e. The van der Waals surface area contributed by atoms with Gasteiger partial charge in [0, 0.05) is 6.07 Å². The number of aldehydes is 1. The van der Waals surface area contributed by atoms with Gasteiger partial charge in [-0.1, -0.05) is 0 Å². The summed E-state index contributed by atoms with van der Waals surface area (Å²) in [4.78, 5) is 25.7. The normalized spacial score (nSPS) is 10.6. The van der Waals surface area contributed by atoms with Crippen LogP contribution in [0.3, 0.4) is 0 Å². The Labute approximate surface area is 114 Å². The minimum Gasteiger partial charge on any atom is -0.349 e. The van der Waals surface area contributed by atoms with Crippen LogP contribution in [-0.4, -0.2) is 23.7 Å². The smallest absolute Gasteiger partial charge is 0.227 e. The summed E-state index contributed by atoms with van der Waals surface area (Å²) in [5.74, 6) is -0.662. The fourth-order valence-electron chi connectivity index (χ4n) is 1.40. The minimum atomic E-state index is -0.384. The summed E-state index contributed by atoms with van der Waals surface area (Å²) in [6, 6.07) is 2.96. The van der Waals surface area contributed by atoms with Gasteiger partial charge in [0.2, 0.25) is 5.91 Å². The highest BCUT2D eigenvalue weighted by Crippen LogP contribution is 2.27. The predicted molar refractivity (Wildman–Crippen MR) is 70.1 cm³/mol. The Balaban J connectivity index is 2.20. The molecule has 0 atom stereocenters. The number of nitrogens with zero attached hydrogens (tertiary/aromatic N) is 1. The molecule has 0 unspecified atom stereocenters. The molecule has 0 saturated carbocycles. The van der Waals surface area contributed by atoms with Gasteiger partial charge < -0.3 is 10.1 Å². The quantitative estimate of drug-likeness (QED) is 0.873. The van der Waals surface area contributed by atoms with Crippen molar-refractivity contribution in [1.82, 2.24) is 10.3 Å². The average molecular weight is 331 g/mol. The molecule has 1 heterocycles. The number of thiazole rings is 1. The zero-order valence-corrected chi connectivity index (χ0v) is 11.5. The number of hydrogen-bond donors (Lipinski definition) is 1. The maximum absolute atomic E-state index is 13.3. The monoisotopic (exact) mass is 330 g/mol. The van der Waals surface area contributed by atoms with Crippen molar-refractivity contribution in [2.75, 3.05) is 6.54 Å². The van der Waals surface area contributed by atoms with Gasteiger partial charge in [-0.25, -0.2) is 9.37 Å². The molecular formula is C11H8BrFN2O2S. The molecular weight excluding hydrogens is 323 g/mol. The highest BCUT2D eigenvalue weighted by molar-refractivity contribution is 9.10. The van der Waals surface area contributed by atoms with E-state index in [1.54, 1.807) is 6.07 Å². The number of aromatic nitrogens is 1. The molecule has 1 amide bonds. The molecule has 1 aromatic carbocycles. The molecule has 0 radical (unpaired) electrons. The van der Waals surface area contributed by atoms with E-state index in [-0.39, 0.29) is 24.7 Å². The Morgan fingerprint density at radius 1 is 1.56 bits per heavy atom. The van der Waals surface area contributed by atoms with Crippen LogP contribution in [-0.2, 0) is 16.0 Å². The molecule has 94 valence electrons. The average Bonchev–Trinajstić information content (AvgIpc) is 2.68. The van der Waals surface area contributed by atoms with Crippen molar-refractivity contribution in [3.63, 3.8) is 0 Å². The van der Waals surface area contributed by atoms with Crippen molar-refractivity contribution in [2.24, 2.45) is 0 Å². The number of halogens is 2. The highest BCUT2D eigenvalue weighted by atomic mass is 79.9. The molecule has 2 rings (SSSR count). The van der Waals surface area contributed by atoms with Gasteiger partial charge in [0.15, 0.2) is 0 Å². The third kappa shape index (κ3) is 2.91. The summed E-state index contributed by atoms with van der Waals surface area (Å²) in [6.07, 6.45) is 0.704. The van der Waals surface area contributed by atoms with Gasteiger partial charge in [0.25, 0.3) is 0 Å². The number of carbonyl (C=O) groups excluding carboxylic acids is 2. The Bertz CT molecular complexity index is 575. The van der Waals surface area contributed by atoms with Crippen molar-refractivity contribution < 1.29 is 14.0 Å². The summed E-state index contributed by atoms with van der Waals surface area (Å²) < 4.78 is 14.5. The van der Waals surface area contributed by atoms with Crippen LogP contribution in [0, 0.1) is 5.82 Å². The molecule has 0 spiro atoms. The molecule has 4 nitrogen and oxygen atoms in total. The first-order valence-corrected chi connectivity index (χ1v) is 6.66. The third-order valence-electron chi connectivity index (χ3n) is 2.17. The first-order chi connectivity index (χ1) is 8.60. The molecule has 1 N–H and O–H groups in total. The lowest BCUT2D eigenvalue weighted by Crippen LogP contribution is -2.26. The summed E-state index contributed by atoms with van der Waals surface area (Å²) in [6.45, 7) is -0.0100. The Morgan fingerprint density at radius 3 is 3.06 bits per heavy atom. The van der Waals surface area contributed by atoms with Crippen LogP contribution >= 0.6 is 27.3 Å². The second-order valence-electron chi connectivity index (χ2n) is 3.49. The minimum absolute atomic E-state index is 0.0100. The Morgan fingerprint density at radius 2 is 2.33 bits per heavy atom. The van der Waals surface area contributed by atoms with Gasteiger partial charge in [-0.15, -0.1) is 11.3 Å². The number of rotatable bonds is 4. The molecule has 0 aliphatic heterocycles. The summed E-state index contributed by atoms with van der Waals surface area (Å²) >= 11 is 4.42.